The van der Waals surface area contributed by atoms with Crippen molar-refractivity contribution in [3.05, 3.63) is 83.6 Å². The van der Waals surface area contributed by atoms with E-state index in [0.29, 0.717) is 21.5 Å². The summed E-state index contributed by atoms with van der Waals surface area (Å²) in [5, 5.41) is 6.00. The molecule has 8 heteroatoms. The second kappa shape index (κ2) is 7.93. The maximum Gasteiger partial charge on any atom is 0.291 e. The number of rotatable bonds is 6. The number of amides is 2. The Bertz CT molecular complexity index is 1080. The van der Waals surface area contributed by atoms with Crippen molar-refractivity contribution in [1.29, 1.82) is 0 Å². The Balaban J connectivity index is 1.34. The number of furan rings is 1. The van der Waals surface area contributed by atoms with E-state index in [1.54, 1.807) is 30.5 Å². The Labute approximate surface area is 164 Å². The Hall–Kier alpha value is -3.65. The third kappa shape index (κ3) is 4.02. The molecule has 0 fully saturated rings. The second-order valence-corrected chi connectivity index (χ2v) is 6.85. The Morgan fingerprint density at radius 1 is 1.00 bits per heavy atom. The van der Waals surface area contributed by atoms with Gasteiger partial charge in [0.25, 0.3) is 11.8 Å². The van der Waals surface area contributed by atoms with Crippen LogP contribution in [0.1, 0.15) is 26.1 Å². The molecule has 0 aliphatic carbocycles. The van der Waals surface area contributed by atoms with Gasteiger partial charge in [-0.25, -0.2) is 4.98 Å². The molecule has 0 saturated heterocycles. The summed E-state index contributed by atoms with van der Waals surface area (Å²) in [6.07, 6.45) is 3.05. The summed E-state index contributed by atoms with van der Waals surface area (Å²) in [5.74, 6) is 0.617. The topological polar surface area (TPSA) is 97.4 Å². The minimum atomic E-state index is -0.368. The van der Waals surface area contributed by atoms with Gasteiger partial charge in [0.1, 0.15) is 0 Å². The zero-order chi connectivity index (χ0) is 19.3. The van der Waals surface area contributed by atoms with Crippen LogP contribution >= 0.6 is 11.3 Å². The van der Waals surface area contributed by atoms with Crippen LogP contribution in [0.15, 0.2) is 75.9 Å². The average Bonchev–Trinajstić information content (AvgIpc) is 3.48. The lowest BCUT2D eigenvalue weighted by molar-refractivity contribution is 0.0950. The number of oxazole rings is 1. The number of aromatic nitrogens is 1. The van der Waals surface area contributed by atoms with Crippen molar-refractivity contribution in [1.82, 2.24) is 10.3 Å². The van der Waals surface area contributed by atoms with E-state index in [9.17, 15) is 9.59 Å². The molecule has 4 rings (SSSR count). The second-order valence-electron chi connectivity index (χ2n) is 5.76. The summed E-state index contributed by atoms with van der Waals surface area (Å²) in [7, 11) is 0. The lowest BCUT2D eigenvalue weighted by Gasteiger charge is -2.01. The Morgan fingerprint density at radius 2 is 1.86 bits per heavy atom. The predicted molar refractivity (Wildman–Crippen MR) is 104 cm³/mol. The van der Waals surface area contributed by atoms with Gasteiger partial charge in [0.2, 0.25) is 5.89 Å². The summed E-state index contributed by atoms with van der Waals surface area (Å²) in [6, 6.07) is 16.1. The average molecular weight is 393 g/mol. The first kappa shape index (κ1) is 17.7. The molecular formula is C20H15N3O4S. The number of nitrogens with zero attached hydrogens (tertiary/aromatic N) is 1. The van der Waals surface area contributed by atoms with Crippen LogP contribution in [0.25, 0.3) is 11.3 Å². The minimum Gasteiger partial charge on any atom is -0.459 e. The number of carbonyl (C=O) groups excluding carboxylic acids is 2. The molecule has 0 radical (unpaired) electrons. The van der Waals surface area contributed by atoms with Crippen LogP contribution in [0.2, 0.25) is 0 Å². The van der Waals surface area contributed by atoms with E-state index >= 15 is 0 Å². The van der Waals surface area contributed by atoms with Gasteiger partial charge in [-0.05, 0) is 24.3 Å². The Kier molecular flexibility index (Phi) is 5.03. The van der Waals surface area contributed by atoms with Crippen LogP contribution in [0.4, 0.5) is 5.00 Å². The summed E-state index contributed by atoms with van der Waals surface area (Å²) in [4.78, 5) is 28.9. The SMILES string of the molecule is O=C(Nc1ccc(C(=O)NCc2ncc(-c3ccccc3)o2)s1)c1ccco1. The molecule has 0 aliphatic heterocycles. The van der Waals surface area contributed by atoms with E-state index in [-0.39, 0.29) is 24.1 Å². The van der Waals surface area contributed by atoms with E-state index in [2.05, 4.69) is 15.6 Å². The monoisotopic (exact) mass is 393 g/mol. The zero-order valence-corrected chi connectivity index (χ0v) is 15.4. The highest BCUT2D eigenvalue weighted by Crippen LogP contribution is 2.23. The molecule has 4 aromatic rings. The maximum atomic E-state index is 12.3. The largest absolute Gasteiger partial charge is 0.459 e. The lowest BCUT2D eigenvalue weighted by atomic mass is 10.2. The number of benzene rings is 1. The maximum absolute atomic E-state index is 12.3. The van der Waals surface area contributed by atoms with Gasteiger partial charge in [0.15, 0.2) is 11.5 Å². The third-order valence-corrected chi connectivity index (χ3v) is 4.82. The summed E-state index contributed by atoms with van der Waals surface area (Å²) in [5.41, 5.74) is 0.919. The van der Waals surface area contributed by atoms with Crippen LogP contribution in [-0.4, -0.2) is 16.8 Å². The fourth-order valence-corrected chi connectivity index (χ4v) is 3.30. The van der Waals surface area contributed by atoms with E-state index in [4.69, 9.17) is 8.83 Å². The van der Waals surface area contributed by atoms with Gasteiger partial charge >= 0.3 is 0 Å². The highest BCUT2D eigenvalue weighted by molar-refractivity contribution is 7.18. The predicted octanol–water partition coefficient (Wildman–Crippen LogP) is 4.18. The first-order valence-electron chi connectivity index (χ1n) is 8.42. The van der Waals surface area contributed by atoms with E-state index in [0.717, 1.165) is 5.56 Å². The van der Waals surface area contributed by atoms with Crippen molar-refractivity contribution in [3.63, 3.8) is 0 Å². The van der Waals surface area contributed by atoms with Crippen molar-refractivity contribution in [2.24, 2.45) is 0 Å². The van der Waals surface area contributed by atoms with Gasteiger partial charge in [-0.15, -0.1) is 11.3 Å². The van der Waals surface area contributed by atoms with Crippen LogP contribution in [0.5, 0.6) is 0 Å². The number of thiophene rings is 1. The highest BCUT2D eigenvalue weighted by Gasteiger charge is 2.14. The van der Waals surface area contributed by atoms with Crippen molar-refractivity contribution in [2.75, 3.05) is 5.32 Å². The fourth-order valence-electron chi connectivity index (χ4n) is 2.48. The summed E-state index contributed by atoms with van der Waals surface area (Å²) < 4.78 is 10.7. The number of hydrogen-bond acceptors (Lipinski definition) is 6. The van der Waals surface area contributed by atoms with E-state index < -0.39 is 0 Å². The van der Waals surface area contributed by atoms with E-state index in [1.165, 1.54) is 17.6 Å². The zero-order valence-electron chi connectivity index (χ0n) is 14.5. The molecule has 1 aromatic carbocycles. The number of anilines is 1. The summed E-state index contributed by atoms with van der Waals surface area (Å²) >= 11 is 1.17. The van der Waals surface area contributed by atoms with Crippen molar-refractivity contribution < 1.29 is 18.4 Å². The van der Waals surface area contributed by atoms with Gasteiger partial charge in [0.05, 0.1) is 28.9 Å². The van der Waals surface area contributed by atoms with Gasteiger partial charge in [-0.2, -0.15) is 0 Å². The number of carbonyl (C=O) groups is 2. The molecule has 0 aliphatic rings. The smallest absolute Gasteiger partial charge is 0.291 e. The van der Waals surface area contributed by atoms with Crippen LogP contribution in [0, 0.1) is 0 Å². The summed E-state index contributed by atoms with van der Waals surface area (Å²) in [6.45, 7) is 0.164. The van der Waals surface area contributed by atoms with Crippen LogP contribution in [0.3, 0.4) is 0 Å². The molecule has 0 atom stereocenters. The third-order valence-electron chi connectivity index (χ3n) is 3.82. The normalized spacial score (nSPS) is 10.6. The number of hydrogen-bond donors (Lipinski definition) is 2. The molecule has 28 heavy (non-hydrogen) atoms. The molecule has 0 unspecified atom stereocenters. The van der Waals surface area contributed by atoms with Crippen molar-refractivity contribution in [2.45, 2.75) is 6.54 Å². The molecule has 2 amide bonds. The molecule has 3 heterocycles. The minimum absolute atomic E-state index is 0.164. The first-order chi connectivity index (χ1) is 13.7. The first-order valence-corrected chi connectivity index (χ1v) is 9.24. The molecule has 7 nitrogen and oxygen atoms in total. The van der Waals surface area contributed by atoms with Gasteiger partial charge < -0.3 is 19.5 Å². The number of nitrogens with one attached hydrogen (secondary N) is 2. The standard InChI is InChI=1S/C20H15N3O4S/c24-19(14-7-4-10-26-14)23-18-9-8-16(28-18)20(25)22-12-17-21-11-15(27-17)13-5-2-1-3-6-13/h1-11H,12H2,(H,22,25)(H,23,24). The van der Waals surface area contributed by atoms with Crippen LogP contribution in [-0.2, 0) is 6.54 Å². The molecule has 0 spiro atoms. The van der Waals surface area contributed by atoms with Crippen molar-refractivity contribution >= 4 is 28.2 Å². The van der Waals surface area contributed by atoms with Crippen molar-refractivity contribution in [3.8, 4) is 11.3 Å². The lowest BCUT2D eigenvalue weighted by Crippen LogP contribution is -2.21. The highest BCUT2D eigenvalue weighted by atomic mass is 32.1. The quantitative estimate of drug-likeness (QED) is 0.512. The van der Waals surface area contributed by atoms with E-state index in [1.807, 2.05) is 30.3 Å². The molecule has 0 saturated carbocycles. The van der Waals surface area contributed by atoms with Gasteiger partial charge in [-0.1, -0.05) is 30.3 Å². The Morgan fingerprint density at radius 3 is 2.64 bits per heavy atom. The molecule has 2 N–H and O–H groups in total. The molecular weight excluding hydrogens is 378 g/mol. The van der Waals surface area contributed by atoms with Crippen LogP contribution < -0.4 is 10.6 Å². The van der Waals surface area contributed by atoms with Gasteiger partial charge in [-0.3, -0.25) is 9.59 Å². The fraction of sp³-hybridized carbons (Fsp3) is 0.0500. The molecule has 0 bridgehead atoms. The van der Waals surface area contributed by atoms with Gasteiger partial charge in [0, 0.05) is 5.56 Å². The molecule has 3 aromatic heterocycles. The molecule has 140 valence electrons.